The molecule has 0 saturated carbocycles. The van der Waals surface area contributed by atoms with E-state index in [-0.39, 0.29) is 17.6 Å². The normalized spacial score (nSPS) is 30.5. The summed E-state index contributed by atoms with van der Waals surface area (Å²) in [7, 11) is 0. The second kappa shape index (κ2) is 3.13. The fourth-order valence-electron chi connectivity index (χ4n) is 1.56. The molecule has 1 saturated heterocycles. The Morgan fingerprint density at radius 2 is 1.83 bits per heavy atom. The highest BCUT2D eigenvalue weighted by atomic mass is 16.4. The molecule has 0 spiro atoms. The van der Waals surface area contributed by atoms with E-state index in [1.165, 1.54) is 4.90 Å². The molecule has 4 nitrogen and oxygen atoms in total. The summed E-state index contributed by atoms with van der Waals surface area (Å²) in [5, 5.41) is 8.67. The van der Waals surface area contributed by atoms with E-state index < -0.39 is 6.09 Å². The molecule has 0 aromatic heterocycles. The average Bonchev–Trinajstić information content (AvgIpc) is 1.99. The predicted octanol–water partition coefficient (Wildman–Crippen LogP) is 0.821. The zero-order valence-electron chi connectivity index (χ0n) is 7.28. The quantitative estimate of drug-likeness (QED) is 0.587. The highest BCUT2D eigenvalue weighted by Gasteiger charge is 2.31. The van der Waals surface area contributed by atoms with Gasteiger partial charge >= 0.3 is 6.09 Å². The number of carboxylic acid groups (broad SMARTS) is 1. The molecule has 68 valence electrons. The van der Waals surface area contributed by atoms with Crippen LogP contribution in [0, 0.1) is 11.8 Å². The molecule has 0 aromatic rings. The number of piperidine rings is 1. The number of likely N-dealkylation sites (tertiary alicyclic amines) is 1. The number of Topliss-reactive ketones (excluding diaryl/α,β-unsaturated/α-hetero) is 1. The molecular weight excluding hydrogens is 158 g/mol. The second-order valence-electron chi connectivity index (χ2n) is 3.39. The van der Waals surface area contributed by atoms with Gasteiger partial charge in [-0.3, -0.25) is 4.79 Å². The van der Waals surface area contributed by atoms with E-state index in [4.69, 9.17) is 5.11 Å². The van der Waals surface area contributed by atoms with E-state index in [0.717, 1.165) is 0 Å². The first-order valence-corrected chi connectivity index (χ1v) is 4.04. The lowest BCUT2D eigenvalue weighted by Gasteiger charge is -2.31. The largest absolute Gasteiger partial charge is 0.465 e. The summed E-state index contributed by atoms with van der Waals surface area (Å²) in [5.41, 5.74) is 0. The van der Waals surface area contributed by atoms with Crippen LogP contribution in [0.1, 0.15) is 13.8 Å². The maximum atomic E-state index is 11.3. The number of nitrogens with zero attached hydrogens (tertiary/aromatic N) is 1. The lowest BCUT2D eigenvalue weighted by Crippen LogP contribution is -2.47. The van der Waals surface area contributed by atoms with Gasteiger partial charge in [0.25, 0.3) is 0 Å². The first-order chi connectivity index (χ1) is 5.52. The van der Waals surface area contributed by atoms with Crippen molar-refractivity contribution >= 4 is 11.9 Å². The molecule has 0 radical (unpaired) electrons. The van der Waals surface area contributed by atoms with E-state index in [1.807, 2.05) is 0 Å². The molecule has 1 aliphatic rings. The highest BCUT2D eigenvalue weighted by Crippen LogP contribution is 2.17. The molecule has 0 bridgehead atoms. The third kappa shape index (κ3) is 1.57. The average molecular weight is 171 g/mol. The summed E-state index contributed by atoms with van der Waals surface area (Å²) in [6.45, 7) is 4.23. The van der Waals surface area contributed by atoms with Crippen LogP contribution in [0.2, 0.25) is 0 Å². The van der Waals surface area contributed by atoms with Crippen molar-refractivity contribution in [1.82, 2.24) is 4.90 Å². The van der Waals surface area contributed by atoms with Crippen LogP contribution in [0.25, 0.3) is 0 Å². The smallest absolute Gasteiger partial charge is 0.407 e. The minimum Gasteiger partial charge on any atom is -0.465 e. The number of carbonyl (C=O) groups excluding carboxylic acids is 1. The summed E-state index contributed by atoms with van der Waals surface area (Å²) in [4.78, 5) is 23.1. The Morgan fingerprint density at radius 3 is 2.17 bits per heavy atom. The van der Waals surface area contributed by atoms with Gasteiger partial charge in [0.15, 0.2) is 0 Å². The van der Waals surface area contributed by atoms with Crippen molar-refractivity contribution in [2.45, 2.75) is 13.8 Å². The fraction of sp³-hybridized carbons (Fsp3) is 0.750. The van der Waals surface area contributed by atoms with Crippen molar-refractivity contribution in [3.8, 4) is 0 Å². The maximum Gasteiger partial charge on any atom is 0.407 e. The number of ketones is 1. The van der Waals surface area contributed by atoms with Crippen LogP contribution in [0.5, 0.6) is 0 Å². The molecule has 0 aromatic carbocycles. The van der Waals surface area contributed by atoms with Crippen molar-refractivity contribution in [2.75, 3.05) is 13.1 Å². The number of amides is 1. The van der Waals surface area contributed by atoms with Crippen molar-refractivity contribution in [2.24, 2.45) is 11.8 Å². The molecule has 1 fully saturated rings. The van der Waals surface area contributed by atoms with E-state index in [2.05, 4.69) is 0 Å². The maximum absolute atomic E-state index is 11.3. The first kappa shape index (κ1) is 9.03. The van der Waals surface area contributed by atoms with Crippen LogP contribution in [-0.4, -0.2) is 35.0 Å². The van der Waals surface area contributed by atoms with Crippen molar-refractivity contribution < 1.29 is 14.7 Å². The van der Waals surface area contributed by atoms with Gasteiger partial charge in [0.2, 0.25) is 0 Å². The molecule has 2 unspecified atom stereocenters. The summed E-state index contributed by atoms with van der Waals surface area (Å²) in [6.07, 6.45) is -0.929. The van der Waals surface area contributed by atoms with Gasteiger partial charge in [-0.05, 0) is 0 Å². The Kier molecular flexibility index (Phi) is 2.35. The Morgan fingerprint density at radius 1 is 1.42 bits per heavy atom. The van der Waals surface area contributed by atoms with E-state index in [0.29, 0.717) is 13.1 Å². The van der Waals surface area contributed by atoms with Crippen molar-refractivity contribution in [3.05, 3.63) is 0 Å². The zero-order chi connectivity index (χ0) is 9.30. The highest BCUT2D eigenvalue weighted by molar-refractivity contribution is 5.85. The minimum atomic E-state index is -0.929. The van der Waals surface area contributed by atoms with Gasteiger partial charge in [0.05, 0.1) is 0 Å². The first-order valence-electron chi connectivity index (χ1n) is 4.04. The zero-order valence-corrected chi connectivity index (χ0v) is 7.28. The van der Waals surface area contributed by atoms with Crippen LogP contribution >= 0.6 is 0 Å². The van der Waals surface area contributed by atoms with Gasteiger partial charge in [-0.15, -0.1) is 0 Å². The number of hydrogen-bond donors (Lipinski definition) is 1. The van der Waals surface area contributed by atoms with Crippen LogP contribution in [0.3, 0.4) is 0 Å². The molecule has 1 rings (SSSR count). The van der Waals surface area contributed by atoms with Crippen molar-refractivity contribution in [1.29, 1.82) is 0 Å². The number of rotatable bonds is 0. The molecule has 4 heteroatoms. The topological polar surface area (TPSA) is 57.6 Å². The summed E-state index contributed by atoms with van der Waals surface area (Å²) < 4.78 is 0. The predicted molar refractivity (Wildman–Crippen MR) is 42.9 cm³/mol. The third-order valence-electron chi connectivity index (χ3n) is 2.23. The third-order valence-corrected chi connectivity index (χ3v) is 2.23. The van der Waals surface area contributed by atoms with Gasteiger partial charge in [0, 0.05) is 24.9 Å². The molecule has 1 aliphatic heterocycles. The van der Waals surface area contributed by atoms with Gasteiger partial charge < -0.3 is 10.0 Å². The monoisotopic (exact) mass is 171 g/mol. The molecule has 1 N–H and O–H groups in total. The van der Waals surface area contributed by atoms with E-state index in [9.17, 15) is 9.59 Å². The second-order valence-corrected chi connectivity index (χ2v) is 3.39. The van der Waals surface area contributed by atoms with Crippen LogP contribution < -0.4 is 0 Å². The van der Waals surface area contributed by atoms with E-state index in [1.54, 1.807) is 13.8 Å². The molecule has 1 amide bonds. The molecule has 2 atom stereocenters. The van der Waals surface area contributed by atoms with Gasteiger partial charge in [-0.25, -0.2) is 4.79 Å². The Hall–Kier alpha value is -1.06. The lowest BCUT2D eigenvalue weighted by molar-refractivity contribution is -0.129. The molecule has 12 heavy (non-hydrogen) atoms. The van der Waals surface area contributed by atoms with Gasteiger partial charge in [-0.2, -0.15) is 0 Å². The van der Waals surface area contributed by atoms with E-state index >= 15 is 0 Å². The molecule has 1 heterocycles. The Balaban J connectivity index is 2.65. The summed E-state index contributed by atoms with van der Waals surface area (Å²) in [6, 6.07) is 0. The van der Waals surface area contributed by atoms with Crippen LogP contribution in [0.15, 0.2) is 0 Å². The van der Waals surface area contributed by atoms with Gasteiger partial charge in [0.1, 0.15) is 5.78 Å². The minimum absolute atomic E-state index is 0.148. The summed E-state index contributed by atoms with van der Waals surface area (Å²) in [5.74, 6) is -0.123. The number of carbonyl (C=O) groups is 2. The Labute approximate surface area is 71.2 Å². The Bertz CT molecular complexity index is 200. The molecule has 0 aliphatic carbocycles. The van der Waals surface area contributed by atoms with Crippen LogP contribution in [-0.2, 0) is 4.79 Å². The van der Waals surface area contributed by atoms with Crippen LogP contribution in [0.4, 0.5) is 4.79 Å². The number of hydrogen-bond acceptors (Lipinski definition) is 2. The summed E-state index contributed by atoms with van der Waals surface area (Å²) >= 11 is 0. The SMILES string of the molecule is CC1CN(C(=O)O)CC(C)C1=O. The molecular formula is C8H13NO3. The van der Waals surface area contributed by atoms with Gasteiger partial charge in [-0.1, -0.05) is 13.8 Å². The lowest BCUT2D eigenvalue weighted by atomic mass is 9.90. The standard InChI is InChI=1S/C8H13NO3/c1-5-3-9(8(11)12)4-6(2)7(5)10/h5-6H,3-4H2,1-2H3,(H,11,12). The fourth-order valence-corrected chi connectivity index (χ4v) is 1.56. The van der Waals surface area contributed by atoms with Crippen molar-refractivity contribution in [3.63, 3.8) is 0 Å².